The van der Waals surface area contributed by atoms with Crippen molar-refractivity contribution in [2.45, 2.75) is 44.6 Å². The smallest absolute Gasteiger partial charge is 0.228 e. The van der Waals surface area contributed by atoms with Gasteiger partial charge in [0.25, 0.3) is 0 Å². The predicted octanol–water partition coefficient (Wildman–Crippen LogP) is 1.90. The molecule has 0 radical (unpaired) electrons. The van der Waals surface area contributed by atoms with Gasteiger partial charge in [-0.15, -0.1) is 36.2 Å². The van der Waals surface area contributed by atoms with Crippen molar-refractivity contribution in [2.75, 3.05) is 18.0 Å². The number of amides is 2. The van der Waals surface area contributed by atoms with Crippen LogP contribution in [0.3, 0.4) is 0 Å². The number of hydrogen-bond donors (Lipinski definition) is 2. The zero-order valence-corrected chi connectivity index (χ0v) is 16.1. The van der Waals surface area contributed by atoms with Crippen LogP contribution in [0.1, 0.15) is 38.3 Å². The Hall–Kier alpha value is -0.890. The topological polar surface area (TPSA) is 88.3 Å². The molecule has 2 heterocycles. The largest absolute Gasteiger partial charge is 0.349 e. The molecule has 1 aromatic heterocycles. The van der Waals surface area contributed by atoms with Crippen molar-refractivity contribution in [1.29, 1.82) is 0 Å². The Kier molecular flexibility index (Phi) is 7.46. The van der Waals surface area contributed by atoms with Gasteiger partial charge in [0, 0.05) is 24.9 Å². The first kappa shape index (κ1) is 21.2. The molecule has 1 unspecified atom stereocenters. The van der Waals surface area contributed by atoms with Gasteiger partial charge in [-0.1, -0.05) is 0 Å². The van der Waals surface area contributed by atoms with Crippen molar-refractivity contribution in [1.82, 2.24) is 10.3 Å². The summed E-state index contributed by atoms with van der Waals surface area (Å²) in [5.74, 6) is 0.564. The summed E-state index contributed by atoms with van der Waals surface area (Å²) in [6, 6.07) is 0. The molecule has 2 aliphatic rings. The standard InChI is InChI=1S/C15H22N4O2S.2ClH/c1-15(9-16,10-4-5-10)18-12(20)7-11-8-22-14(17-11)19-6-2-3-13(19)21;;/h8,10H,2-7,9,16H2,1H3,(H,18,20);2*1H. The summed E-state index contributed by atoms with van der Waals surface area (Å²) in [4.78, 5) is 30.1. The van der Waals surface area contributed by atoms with Crippen LogP contribution in [-0.2, 0) is 16.0 Å². The minimum absolute atomic E-state index is 0. The van der Waals surface area contributed by atoms with Crippen LogP contribution >= 0.6 is 36.2 Å². The average molecular weight is 395 g/mol. The van der Waals surface area contributed by atoms with Gasteiger partial charge in [-0.25, -0.2) is 4.98 Å². The summed E-state index contributed by atoms with van der Waals surface area (Å²) >= 11 is 1.42. The first-order valence-electron chi connectivity index (χ1n) is 7.78. The molecule has 0 bridgehead atoms. The molecule has 2 fully saturated rings. The van der Waals surface area contributed by atoms with E-state index in [0.29, 0.717) is 29.7 Å². The molecular formula is C15H24Cl2N4O2S. The number of nitrogens with two attached hydrogens (primary N) is 1. The second kappa shape index (κ2) is 8.47. The first-order valence-corrected chi connectivity index (χ1v) is 8.65. The van der Waals surface area contributed by atoms with Crippen LogP contribution in [0.5, 0.6) is 0 Å². The Morgan fingerprint density at radius 2 is 2.21 bits per heavy atom. The number of hydrogen-bond acceptors (Lipinski definition) is 5. The molecule has 9 heteroatoms. The molecule has 1 aliphatic carbocycles. The zero-order chi connectivity index (χ0) is 15.7. The van der Waals surface area contributed by atoms with Gasteiger partial charge in [0.15, 0.2) is 5.13 Å². The second-order valence-corrected chi connectivity index (χ2v) is 7.23. The molecule has 0 spiro atoms. The number of carbonyl (C=O) groups is 2. The van der Waals surface area contributed by atoms with E-state index >= 15 is 0 Å². The van der Waals surface area contributed by atoms with E-state index in [0.717, 1.165) is 25.8 Å². The van der Waals surface area contributed by atoms with Gasteiger partial charge in [0.05, 0.1) is 17.7 Å². The van der Waals surface area contributed by atoms with Gasteiger partial charge >= 0.3 is 0 Å². The van der Waals surface area contributed by atoms with E-state index in [4.69, 9.17) is 5.73 Å². The molecule has 1 atom stereocenters. The van der Waals surface area contributed by atoms with E-state index in [2.05, 4.69) is 10.3 Å². The Bertz CT molecular complexity index is 594. The molecule has 3 rings (SSSR count). The third-order valence-corrected chi connectivity index (χ3v) is 5.43. The lowest BCUT2D eigenvalue weighted by molar-refractivity contribution is -0.122. The SMILES string of the molecule is CC(CN)(NC(=O)Cc1csc(N2CCCC2=O)n1)C1CC1.Cl.Cl. The van der Waals surface area contributed by atoms with Crippen molar-refractivity contribution in [2.24, 2.45) is 11.7 Å². The van der Waals surface area contributed by atoms with E-state index < -0.39 is 0 Å². The van der Waals surface area contributed by atoms with E-state index in [1.165, 1.54) is 11.3 Å². The lowest BCUT2D eigenvalue weighted by atomic mass is 9.95. The zero-order valence-electron chi connectivity index (χ0n) is 13.6. The lowest BCUT2D eigenvalue weighted by Crippen LogP contribution is -2.53. The fraction of sp³-hybridized carbons (Fsp3) is 0.667. The third-order valence-electron chi connectivity index (χ3n) is 4.51. The summed E-state index contributed by atoms with van der Waals surface area (Å²) in [5, 5.41) is 5.62. The summed E-state index contributed by atoms with van der Waals surface area (Å²) in [6.45, 7) is 3.19. The summed E-state index contributed by atoms with van der Waals surface area (Å²) in [5.41, 5.74) is 6.23. The fourth-order valence-corrected chi connectivity index (χ4v) is 3.79. The molecule has 1 aromatic rings. The van der Waals surface area contributed by atoms with Crippen LogP contribution in [0.2, 0.25) is 0 Å². The van der Waals surface area contributed by atoms with Crippen molar-refractivity contribution in [3.8, 4) is 0 Å². The molecule has 1 saturated heterocycles. The van der Waals surface area contributed by atoms with E-state index in [1.807, 2.05) is 12.3 Å². The number of carbonyl (C=O) groups excluding carboxylic acids is 2. The Balaban J connectivity index is 0.00000144. The lowest BCUT2D eigenvalue weighted by Gasteiger charge is -2.29. The molecule has 136 valence electrons. The van der Waals surface area contributed by atoms with Crippen LogP contribution in [0, 0.1) is 5.92 Å². The van der Waals surface area contributed by atoms with Gasteiger partial charge in [-0.3, -0.25) is 14.5 Å². The van der Waals surface area contributed by atoms with Crippen molar-refractivity contribution >= 4 is 53.1 Å². The number of halogens is 2. The third kappa shape index (κ3) is 4.59. The van der Waals surface area contributed by atoms with E-state index in [-0.39, 0.29) is 48.6 Å². The number of thiazole rings is 1. The summed E-state index contributed by atoms with van der Waals surface area (Å²) < 4.78 is 0. The molecule has 1 saturated carbocycles. The van der Waals surface area contributed by atoms with Gasteiger partial charge < -0.3 is 11.1 Å². The van der Waals surface area contributed by atoms with E-state index in [1.54, 1.807) is 4.90 Å². The highest BCUT2D eigenvalue weighted by Crippen LogP contribution is 2.39. The van der Waals surface area contributed by atoms with Crippen molar-refractivity contribution in [3.05, 3.63) is 11.1 Å². The molecular weight excluding hydrogens is 371 g/mol. The van der Waals surface area contributed by atoms with Crippen molar-refractivity contribution < 1.29 is 9.59 Å². The molecule has 6 nitrogen and oxygen atoms in total. The quantitative estimate of drug-likeness (QED) is 0.770. The van der Waals surface area contributed by atoms with Gasteiger partial charge in [0.1, 0.15) is 0 Å². The highest BCUT2D eigenvalue weighted by Gasteiger charge is 2.41. The first-order chi connectivity index (χ1) is 10.5. The number of nitrogens with zero attached hydrogens (tertiary/aromatic N) is 2. The average Bonchev–Trinajstić information content (AvgIpc) is 3.12. The fourth-order valence-electron chi connectivity index (χ4n) is 2.92. The predicted molar refractivity (Wildman–Crippen MR) is 100 cm³/mol. The van der Waals surface area contributed by atoms with E-state index in [9.17, 15) is 9.59 Å². The van der Waals surface area contributed by atoms with Crippen LogP contribution in [-0.4, -0.2) is 35.4 Å². The van der Waals surface area contributed by atoms with Crippen LogP contribution in [0.25, 0.3) is 0 Å². The van der Waals surface area contributed by atoms with Gasteiger partial charge in [-0.2, -0.15) is 0 Å². The second-order valence-electron chi connectivity index (χ2n) is 6.39. The molecule has 2 amide bonds. The van der Waals surface area contributed by atoms with Crippen molar-refractivity contribution in [3.63, 3.8) is 0 Å². The van der Waals surface area contributed by atoms with Crippen LogP contribution < -0.4 is 16.0 Å². The Morgan fingerprint density at radius 1 is 1.50 bits per heavy atom. The normalized spacial score (nSPS) is 19.2. The Labute approximate surface area is 158 Å². The van der Waals surface area contributed by atoms with Gasteiger partial charge in [-0.05, 0) is 32.1 Å². The number of aromatic nitrogens is 1. The minimum atomic E-state index is -0.305. The number of rotatable bonds is 6. The van der Waals surface area contributed by atoms with Gasteiger partial charge in [0.2, 0.25) is 11.8 Å². The molecule has 1 aliphatic heterocycles. The maximum absolute atomic E-state index is 12.2. The minimum Gasteiger partial charge on any atom is -0.349 e. The van der Waals surface area contributed by atoms with Crippen LogP contribution in [0.15, 0.2) is 5.38 Å². The molecule has 3 N–H and O–H groups in total. The highest BCUT2D eigenvalue weighted by molar-refractivity contribution is 7.14. The number of nitrogens with one attached hydrogen (secondary N) is 1. The molecule has 0 aromatic carbocycles. The summed E-state index contributed by atoms with van der Waals surface area (Å²) in [7, 11) is 0. The van der Waals surface area contributed by atoms with Crippen LogP contribution in [0.4, 0.5) is 5.13 Å². The molecule has 24 heavy (non-hydrogen) atoms. The number of anilines is 1. The monoisotopic (exact) mass is 394 g/mol. The maximum Gasteiger partial charge on any atom is 0.228 e. The summed E-state index contributed by atoms with van der Waals surface area (Å²) in [6.07, 6.45) is 3.97. The highest BCUT2D eigenvalue weighted by atomic mass is 35.5. The Morgan fingerprint density at radius 3 is 2.75 bits per heavy atom. The maximum atomic E-state index is 12.2.